The number of carbonyl (C=O) groups is 2. The monoisotopic (exact) mass is 288 g/mol. The molecule has 0 bridgehead atoms. The van der Waals surface area contributed by atoms with E-state index in [1.165, 1.54) is 6.92 Å². The SMILES string of the molecule is CC(=O)Nc1c(N)cc(C(=O)O)c(O)c1Br. The third kappa shape index (κ3) is 2.25. The molecule has 1 aromatic rings. The highest BCUT2D eigenvalue weighted by Gasteiger charge is 2.19. The molecule has 1 aromatic carbocycles. The van der Waals surface area contributed by atoms with Crippen LogP contribution >= 0.6 is 15.9 Å². The van der Waals surface area contributed by atoms with E-state index in [0.717, 1.165) is 6.07 Å². The van der Waals surface area contributed by atoms with Gasteiger partial charge in [-0.1, -0.05) is 0 Å². The Morgan fingerprint density at radius 1 is 1.50 bits per heavy atom. The molecule has 0 aliphatic carbocycles. The summed E-state index contributed by atoms with van der Waals surface area (Å²) < 4.78 is 0.0418. The number of rotatable bonds is 2. The Morgan fingerprint density at radius 3 is 2.50 bits per heavy atom. The highest BCUT2D eigenvalue weighted by Crippen LogP contribution is 2.39. The molecule has 1 amide bonds. The van der Waals surface area contributed by atoms with Gasteiger partial charge in [0, 0.05) is 6.92 Å². The van der Waals surface area contributed by atoms with Gasteiger partial charge < -0.3 is 21.3 Å². The van der Waals surface area contributed by atoms with E-state index < -0.39 is 11.7 Å². The van der Waals surface area contributed by atoms with Crippen LogP contribution in [0.3, 0.4) is 0 Å². The van der Waals surface area contributed by atoms with E-state index in [-0.39, 0.29) is 27.3 Å². The molecule has 6 nitrogen and oxygen atoms in total. The second-order valence-corrected chi connectivity index (χ2v) is 3.83. The predicted octanol–water partition coefficient (Wildman–Crippen LogP) is 1.39. The number of carboxylic acid groups (broad SMARTS) is 1. The van der Waals surface area contributed by atoms with Crippen molar-refractivity contribution < 1.29 is 19.8 Å². The smallest absolute Gasteiger partial charge is 0.339 e. The van der Waals surface area contributed by atoms with Crippen LogP contribution in [-0.4, -0.2) is 22.1 Å². The van der Waals surface area contributed by atoms with Gasteiger partial charge in [0.1, 0.15) is 11.3 Å². The minimum atomic E-state index is -1.31. The fourth-order valence-electron chi connectivity index (χ4n) is 1.13. The maximum atomic E-state index is 10.9. The van der Waals surface area contributed by atoms with Crippen LogP contribution in [0.4, 0.5) is 11.4 Å². The van der Waals surface area contributed by atoms with Crippen LogP contribution in [-0.2, 0) is 4.79 Å². The van der Waals surface area contributed by atoms with E-state index in [1.54, 1.807) is 0 Å². The minimum absolute atomic E-state index is 0.0418. The molecule has 0 aliphatic rings. The van der Waals surface area contributed by atoms with E-state index in [9.17, 15) is 14.7 Å². The zero-order valence-corrected chi connectivity index (χ0v) is 9.83. The van der Waals surface area contributed by atoms with Gasteiger partial charge >= 0.3 is 5.97 Å². The molecule has 5 N–H and O–H groups in total. The molecular weight excluding hydrogens is 280 g/mol. The molecular formula is C9H9BrN2O4. The first-order valence-electron chi connectivity index (χ1n) is 4.16. The Balaban J connectivity index is 3.39. The van der Waals surface area contributed by atoms with Gasteiger partial charge in [-0.3, -0.25) is 4.79 Å². The van der Waals surface area contributed by atoms with Crippen LogP contribution in [0.25, 0.3) is 0 Å². The highest BCUT2D eigenvalue weighted by atomic mass is 79.9. The van der Waals surface area contributed by atoms with Crippen LogP contribution in [0.2, 0.25) is 0 Å². The number of carboxylic acids is 1. The average molecular weight is 289 g/mol. The number of nitrogen functional groups attached to an aromatic ring is 1. The number of halogens is 1. The van der Waals surface area contributed by atoms with Crippen molar-refractivity contribution in [1.29, 1.82) is 0 Å². The molecule has 0 saturated carbocycles. The van der Waals surface area contributed by atoms with Crippen LogP contribution < -0.4 is 11.1 Å². The normalized spacial score (nSPS) is 9.88. The standard InChI is InChI=1S/C9H9BrN2O4/c1-3(13)12-7-5(11)2-4(9(15)16)8(14)6(7)10/h2,14H,11H2,1H3,(H,12,13)(H,15,16). The Kier molecular flexibility index (Phi) is 3.38. The topological polar surface area (TPSA) is 113 Å². The maximum Gasteiger partial charge on any atom is 0.339 e. The number of anilines is 2. The zero-order valence-electron chi connectivity index (χ0n) is 8.24. The number of aromatic carboxylic acids is 1. The van der Waals surface area contributed by atoms with Gasteiger partial charge in [0.15, 0.2) is 0 Å². The summed E-state index contributed by atoms with van der Waals surface area (Å²) in [6.45, 7) is 1.27. The fourth-order valence-corrected chi connectivity index (χ4v) is 1.67. The number of carbonyl (C=O) groups excluding carboxylic acids is 1. The van der Waals surface area contributed by atoms with Gasteiger partial charge in [-0.05, 0) is 22.0 Å². The van der Waals surface area contributed by atoms with Crippen LogP contribution in [0, 0.1) is 0 Å². The second kappa shape index (κ2) is 4.40. The number of nitrogens with two attached hydrogens (primary N) is 1. The molecule has 0 atom stereocenters. The maximum absolute atomic E-state index is 10.9. The summed E-state index contributed by atoms with van der Waals surface area (Å²) in [6.07, 6.45) is 0. The van der Waals surface area contributed by atoms with Crippen molar-refractivity contribution in [2.75, 3.05) is 11.1 Å². The van der Waals surface area contributed by atoms with Crippen LogP contribution in [0.5, 0.6) is 5.75 Å². The Morgan fingerprint density at radius 2 is 2.06 bits per heavy atom. The molecule has 0 saturated heterocycles. The Hall–Kier alpha value is -1.76. The van der Waals surface area contributed by atoms with Gasteiger partial charge in [0.25, 0.3) is 0 Å². The Labute approximate surface area is 99.2 Å². The van der Waals surface area contributed by atoms with Crippen molar-refractivity contribution in [3.05, 3.63) is 16.1 Å². The first-order valence-corrected chi connectivity index (χ1v) is 4.95. The average Bonchev–Trinajstić information content (AvgIpc) is 2.17. The van der Waals surface area contributed by atoms with Gasteiger partial charge in [-0.2, -0.15) is 0 Å². The summed E-state index contributed by atoms with van der Waals surface area (Å²) in [7, 11) is 0. The lowest BCUT2D eigenvalue weighted by Crippen LogP contribution is -2.10. The molecule has 0 fully saturated rings. The van der Waals surface area contributed by atoms with Gasteiger partial charge in [-0.15, -0.1) is 0 Å². The summed E-state index contributed by atoms with van der Waals surface area (Å²) in [5.41, 5.74) is 5.42. The van der Waals surface area contributed by atoms with E-state index >= 15 is 0 Å². The number of amides is 1. The Bertz CT molecular complexity index is 473. The third-order valence-corrected chi connectivity index (χ3v) is 2.57. The molecule has 0 unspecified atom stereocenters. The molecule has 0 spiro atoms. The molecule has 86 valence electrons. The first-order chi connectivity index (χ1) is 7.34. The van der Waals surface area contributed by atoms with Crippen molar-refractivity contribution in [2.24, 2.45) is 0 Å². The second-order valence-electron chi connectivity index (χ2n) is 3.04. The lowest BCUT2D eigenvalue weighted by molar-refractivity contribution is -0.114. The molecule has 1 rings (SSSR count). The largest absolute Gasteiger partial charge is 0.506 e. The van der Waals surface area contributed by atoms with Crippen molar-refractivity contribution in [3.63, 3.8) is 0 Å². The van der Waals surface area contributed by atoms with Crippen molar-refractivity contribution in [2.45, 2.75) is 6.92 Å². The van der Waals surface area contributed by atoms with Crippen molar-refractivity contribution in [3.8, 4) is 5.75 Å². The van der Waals surface area contributed by atoms with E-state index in [2.05, 4.69) is 21.2 Å². The predicted molar refractivity (Wildman–Crippen MR) is 61.5 cm³/mol. The first kappa shape index (κ1) is 12.3. The van der Waals surface area contributed by atoms with Crippen LogP contribution in [0.15, 0.2) is 10.5 Å². The third-order valence-electron chi connectivity index (χ3n) is 1.80. The van der Waals surface area contributed by atoms with Crippen LogP contribution in [0.1, 0.15) is 17.3 Å². The number of nitrogens with one attached hydrogen (secondary N) is 1. The summed E-state index contributed by atoms with van der Waals surface area (Å²) in [6, 6.07) is 1.08. The van der Waals surface area contributed by atoms with Crippen molar-refractivity contribution in [1.82, 2.24) is 0 Å². The molecule has 16 heavy (non-hydrogen) atoms. The molecule has 0 heterocycles. The lowest BCUT2D eigenvalue weighted by Gasteiger charge is -2.12. The number of hydrogen-bond acceptors (Lipinski definition) is 4. The summed E-state index contributed by atoms with van der Waals surface area (Å²) in [5.74, 6) is -2.17. The quantitative estimate of drug-likeness (QED) is 0.485. The highest BCUT2D eigenvalue weighted by molar-refractivity contribution is 9.10. The number of benzene rings is 1. The van der Waals surface area contributed by atoms with Crippen molar-refractivity contribution >= 4 is 39.2 Å². The van der Waals surface area contributed by atoms with E-state index in [0.29, 0.717) is 0 Å². The molecule has 0 radical (unpaired) electrons. The zero-order chi connectivity index (χ0) is 12.5. The van der Waals surface area contributed by atoms with Gasteiger partial charge in [0.05, 0.1) is 15.8 Å². The molecule has 7 heteroatoms. The van der Waals surface area contributed by atoms with Gasteiger partial charge in [-0.25, -0.2) is 4.79 Å². The minimum Gasteiger partial charge on any atom is -0.506 e. The fraction of sp³-hybridized carbons (Fsp3) is 0.111. The lowest BCUT2D eigenvalue weighted by atomic mass is 10.1. The molecule has 0 aromatic heterocycles. The molecule has 0 aliphatic heterocycles. The number of phenols is 1. The summed E-state index contributed by atoms with van der Waals surface area (Å²) in [4.78, 5) is 21.6. The van der Waals surface area contributed by atoms with E-state index in [1.807, 2.05) is 0 Å². The number of hydrogen-bond donors (Lipinski definition) is 4. The van der Waals surface area contributed by atoms with Gasteiger partial charge in [0.2, 0.25) is 5.91 Å². The number of aromatic hydroxyl groups is 1. The summed E-state index contributed by atoms with van der Waals surface area (Å²) >= 11 is 2.97. The van der Waals surface area contributed by atoms with E-state index in [4.69, 9.17) is 10.8 Å². The summed E-state index contributed by atoms with van der Waals surface area (Å²) in [5, 5.41) is 20.7.